The van der Waals surface area contributed by atoms with Crippen molar-refractivity contribution in [3.8, 4) is 0 Å². The van der Waals surface area contributed by atoms with E-state index >= 15 is 0 Å². The lowest BCUT2D eigenvalue weighted by atomic mass is 10.1. The summed E-state index contributed by atoms with van der Waals surface area (Å²) < 4.78 is 15.0. The van der Waals surface area contributed by atoms with E-state index < -0.39 is 0 Å². The molecule has 2 heterocycles. The van der Waals surface area contributed by atoms with E-state index in [1.807, 2.05) is 6.20 Å². The van der Waals surface area contributed by atoms with Crippen LogP contribution in [0.1, 0.15) is 15.9 Å². The Bertz CT molecular complexity index is 1140. The van der Waals surface area contributed by atoms with E-state index in [1.165, 1.54) is 6.07 Å². The van der Waals surface area contributed by atoms with Gasteiger partial charge < -0.3 is 11.1 Å². The molecule has 0 bridgehead atoms. The number of nitrogens with two attached hydrogens (primary N) is 1. The largest absolute Gasteiger partial charge is 0.397 e. The van der Waals surface area contributed by atoms with Crippen molar-refractivity contribution >= 4 is 28.2 Å². The van der Waals surface area contributed by atoms with Crippen LogP contribution in [0.2, 0.25) is 0 Å². The molecule has 0 radical (unpaired) electrons. The number of nitrogens with zero attached hydrogens (tertiary/aromatic N) is 3. The van der Waals surface area contributed by atoms with Crippen LogP contribution in [0.25, 0.3) is 10.9 Å². The number of fused-ring (bicyclic) bond motifs is 1. The molecule has 0 fully saturated rings. The summed E-state index contributed by atoms with van der Waals surface area (Å²) in [5, 5.41) is 8.07. The summed E-state index contributed by atoms with van der Waals surface area (Å²) in [6, 6.07) is 13.7. The van der Waals surface area contributed by atoms with Crippen molar-refractivity contribution < 1.29 is 9.18 Å². The van der Waals surface area contributed by atoms with Gasteiger partial charge in [-0.25, -0.2) is 4.39 Å². The molecular formula is C20H16FN5O. The fraction of sp³-hybridized carbons (Fsp3) is 0.0500. The van der Waals surface area contributed by atoms with Crippen LogP contribution in [0.4, 0.5) is 15.8 Å². The molecule has 4 aromatic rings. The average molecular weight is 361 g/mol. The fourth-order valence-corrected chi connectivity index (χ4v) is 2.83. The zero-order valence-corrected chi connectivity index (χ0v) is 14.3. The molecule has 2 aromatic carbocycles. The van der Waals surface area contributed by atoms with Crippen LogP contribution in [-0.2, 0) is 6.54 Å². The molecule has 0 saturated carbocycles. The van der Waals surface area contributed by atoms with Gasteiger partial charge in [0.1, 0.15) is 5.82 Å². The Balaban J connectivity index is 1.57. The maximum absolute atomic E-state index is 13.3. The molecule has 134 valence electrons. The van der Waals surface area contributed by atoms with Crippen molar-refractivity contribution in [2.45, 2.75) is 6.54 Å². The Morgan fingerprint density at radius 1 is 1.15 bits per heavy atom. The van der Waals surface area contributed by atoms with Crippen LogP contribution in [-0.4, -0.2) is 20.7 Å². The minimum absolute atomic E-state index is 0.253. The SMILES string of the molecule is Nc1ccccc1NC(=O)c1ccc2nn(Cc3cncc(F)c3)cc2c1. The first-order chi connectivity index (χ1) is 13.1. The maximum atomic E-state index is 13.3. The van der Waals surface area contributed by atoms with Crippen LogP contribution in [0.5, 0.6) is 0 Å². The molecule has 2 aromatic heterocycles. The molecule has 0 aliphatic heterocycles. The van der Waals surface area contributed by atoms with Gasteiger partial charge in [-0.2, -0.15) is 5.10 Å². The molecule has 1 amide bonds. The molecule has 0 unspecified atom stereocenters. The average Bonchev–Trinajstić information content (AvgIpc) is 3.05. The van der Waals surface area contributed by atoms with Gasteiger partial charge in [0.15, 0.2) is 0 Å². The van der Waals surface area contributed by atoms with Crippen molar-refractivity contribution in [3.05, 3.63) is 84.1 Å². The van der Waals surface area contributed by atoms with Crippen LogP contribution >= 0.6 is 0 Å². The number of halogens is 1. The number of rotatable bonds is 4. The van der Waals surface area contributed by atoms with Crippen LogP contribution in [0, 0.1) is 5.82 Å². The van der Waals surface area contributed by atoms with E-state index in [9.17, 15) is 9.18 Å². The van der Waals surface area contributed by atoms with E-state index in [1.54, 1.807) is 53.3 Å². The Kier molecular flexibility index (Phi) is 4.25. The van der Waals surface area contributed by atoms with Crippen LogP contribution in [0.15, 0.2) is 67.1 Å². The van der Waals surface area contributed by atoms with Gasteiger partial charge in [-0.05, 0) is 42.0 Å². The van der Waals surface area contributed by atoms with Gasteiger partial charge in [-0.3, -0.25) is 14.5 Å². The monoisotopic (exact) mass is 361 g/mol. The summed E-state index contributed by atoms with van der Waals surface area (Å²) in [5.41, 5.74) is 8.89. The van der Waals surface area contributed by atoms with Crippen molar-refractivity contribution in [2.75, 3.05) is 11.1 Å². The number of hydrogen-bond donors (Lipinski definition) is 2. The number of anilines is 2. The number of amides is 1. The van der Waals surface area contributed by atoms with Gasteiger partial charge in [0.05, 0.1) is 29.6 Å². The first-order valence-corrected chi connectivity index (χ1v) is 8.31. The highest BCUT2D eigenvalue weighted by atomic mass is 19.1. The first-order valence-electron chi connectivity index (χ1n) is 8.31. The number of aromatic nitrogens is 3. The van der Waals surface area contributed by atoms with E-state index in [4.69, 9.17) is 5.73 Å². The summed E-state index contributed by atoms with van der Waals surface area (Å²) in [6.45, 7) is 0.390. The zero-order chi connectivity index (χ0) is 18.8. The predicted octanol–water partition coefficient (Wildman–Crippen LogP) is 3.45. The molecule has 0 aliphatic rings. The number of carbonyl (C=O) groups is 1. The van der Waals surface area contributed by atoms with Gasteiger partial charge in [-0.1, -0.05) is 12.1 Å². The molecule has 4 rings (SSSR count). The Hall–Kier alpha value is -3.74. The molecule has 0 aliphatic carbocycles. The normalized spacial score (nSPS) is 10.9. The molecule has 3 N–H and O–H groups in total. The lowest BCUT2D eigenvalue weighted by Gasteiger charge is -2.07. The summed E-state index contributed by atoms with van der Waals surface area (Å²) in [5.74, 6) is -0.639. The summed E-state index contributed by atoms with van der Waals surface area (Å²) in [6.07, 6.45) is 4.57. The standard InChI is InChI=1S/C20H16FN5O/c21-16-7-13(9-23-10-16)11-26-12-15-8-14(5-6-18(15)25-26)20(27)24-19-4-2-1-3-17(19)22/h1-10,12H,11,22H2,(H,24,27). The van der Waals surface area contributed by atoms with Crippen molar-refractivity contribution in [1.29, 1.82) is 0 Å². The van der Waals surface area contributed by atoms with Crippen LogP contribution < -0.4 is 11.1 Å². The lowest BCUT2D eigenvalue weighted by molar-refractivity contribution is 0.102. The number of nitrogens with one attached hydrogen (secondary N) is 1. The minimum Gasteiger partial charge on any atom is -0.397 e. The van der Waals surface area contributed by atoms with Gasteiger partial charge in [0, 0.05) is 23.3 Å². The molecule has 6 nitrogen and oxygen atoms in total. The van der Waals surface area contributed by atoms with E-state index in [0.29, 0.717) is 29.0 Å². The Morgan fingerprint density at radius 3 is 2.81 bits per heavy atom. The number of nitrogen functional groups attached to an aromatic ring is 1. The molecule has 27 heavy (non-hydrogen) atoms. The predicted molar refractivity (Wildman–Crippen MR) is 102 cm³/mol. The van der Waals surface area contributed by atoms with Crippen molar-refractivity contribution in [1.82, 2.24) is 14.8 Å². The third-order valence-electron chi connectivity index (χ3n) is 4.13. The van der Waals surface area contributed by atoms with Crippen LogP contribution in [0.3, 0.4) is 0 Å². The highest BCUT2D eigenvalue weighted by Crippen LogP contribution is 2.20. The first kappa shape index (κ1) is 16.7. The maximum Gasteiger partial charge on any atom is 0.255 e. The zero-order valence-electron chi connectivity index (χ0n) is 14.3. The highest BCUT2D eigenvalue weighted by molar-refractivity contribution is 6.07. The molecule has 0 atom stereocenters. The number of para-hydroxylation sites is 2. The van der Waals surface area contributed by atoms with Gasteiger partial charge in [0.2, 0.25) is 0 Å². The topological polar surface area (TPSA) is 85.8 Å². The second-order valence-corrected chi connectivity index (χ2v) is 6.15. The van der Waals surface area contributed by atoms with E-state index in [2.05, 4.69) is 15.4 Å². The summed E-state index contributed by atoms with van der Waals surface area (Å²) in [4.78, 5) is 16.3. The minimum atomic E-state index is -0.386. The van der Waals surface area contributed by atoms with Crippen molar-refractivity contribution in [3.63, 3.8) is 0 Å². The van der Waals surface area contributed by atoms with E-state index in [0.717, 1.165) is 17.1 Å². The number of benzene rings is 2. The van der Waals surface area contributed by atoms with E-state index in [-0.39, 0.29) is 11.7 Å². The quantitative estimate of drug-likeness (QED) is 0.545. The molecule has 0 saturated heterocycles. The van der Waals surface area contributed by atoms with Gasteiger partial charge in [-0.15, -0.1) is 0 Å². The molecular weight excluding hydrogens is 345 g/mol. The third-order valence-corrected chi connectivity index (χ3v) is 4.13. The molecule has 0 spiro atoms. The van der Waals surface area contributed by atoms with Gasteiger partial charge >= 0.3 is 0 Å². The summed E-state index contributed by atoms with van der Waals surface area (Å²) in [7, 11) is 0. The lowest BCUT2D eigenvalue weighted by Crippen LogP contribution is -2.12. The Labute approximate surface area is 154 Å². The number of pyridine rings is 1. The smallest absolute Gasteiger partial charge is 0.255 e. The number of hydrogen-bond acceptors (Lipinski definition) is 4. The second-order valence-electron chi connectivity index (χ2n) is 6.15. The third kappa shape index (κ3) is 3.62. The molecule has 7 heteroatoms. The van der Waals surface area contributed by atoms with Crippen molar-refractivity contribution in [2.24, 2.45) is 0 Å². The Morgan fingerprint density at radius 2 is 2.00 bits per heavy atom. The number of carbonyl (C=O) groups excluding carboxylic acids is 1. The van der Waals surface area contributed by atoms with Gasteiger partial charge in [0.25, 0.3) is 5.91 Å². The highest BCUT2D eigenvalue weighted by Gasteiger charge is 2.10. The fourth-order valence-electron chi connectivity index (χ4n) is 2.83. The summed E-state index contributed by atoms with van der Waals surface area (Å²) >= 11 is 0. The second kappa shape index (κ2) is 6.87.